The van der Waals surface area contributed by atoms with Crippen LogP contribution >= 0.6 is 0 Å². The van der Waals surface area contributed by atoms with E-state index in [2.05, 4.69) is 41.5 Å². The molecule has 0 unspecified atom stereocenters. The van der Waals surface area contributed by atoms with Crippen molar-refractivity contribution in [2.24, 2.45) is 0 Å². The summed E-state index contributed by atoms with van der Waals surface area (Å²) < 4.78 is 0. The lowest BCUT2D eigenvalue weighted by Crippen LogP contribution is -2.19. The van der Waals surface area contributed by atoms with E-state index in [1.807, 2.05) is 19.2 Å². The third-order valence-electron chi connectivity index (χ3n) is 3.05. The largest absolute Gasteiger partial charge is 0.315 e. The second-order valence-corrected chi connectivity index (χ2v) is 4.44. The Balaban J connectivity index is 2.47. The van der Waals surface area contributed by atoms with Gasteiger partial charge in [0.1, 0.15) is 0 Å². The minimum absolute atomic E-state index is 0.142. The highest BCUT2D eigenvalue weighted by Gasteiger charge is 2.05. The van der Waals surface area contributed by atoms with Crippen molar-refractivity contribution >= 4 is 0 Å². The van der Waals surface area contributed by atoms with Crippen molar-refractivity contribution in [1.82, 2.24) is 15.5 Å². The van der Waals surface area contributed by atoms with Crippen LogP contribution in [0.15, 0.2) is 29.1 Å². The molecule has 1 heterocycles. The molecule has 94 valence electrons. The van der Waals surface area contributed by atoms with Crippen molar-refractivity contribution in [3.63, 3.8) is 0 Å². The van der Waals surface area contributed by atoms with E-state index in [0.29, 0.717) is 12.1 Å². The van der Waals surface area contributed by atoms with Crippen molar-refractivity contribution in [2.45, 2.75) is 20.4 Å². The molecule has 2 N–H and O–H groups in total. The maximum Gasteiger partial charge on any atom is 0.268 e. The molecule has 0 aliphatic heterocycles. The summed E-state index contributed by atoms with van der Waals surface area (Å²) in [5, 5.41) is 9.61. The minimum atomic E-state index is -0.142. The van der Waals surface area contributed by atoms with Gasteiger partial charge >= 0.3 is 0 Å². The van der Waals surface area contributed by atoms with Crippen molar-refractivity contribution < 1.29 is 0 Å². The standard InChI is InChI=1S/C14H17N3O/c1-9-4-5-11(6-10(9)2)13-7-12(8-15-3)14(18)17-16-13/h4-7,15H,8H2,1-3H3,(H,17,18). The van der Waals surface area contributed by atoms with E-state index < -0.39 is 0 Å². The minimum Gasteiger partial charge on any atom is -0.315 e. The van der Waals surface area contributed by atoms with Crippen LogP contribution in [0, 0.1) is 13.8 Å². The van der Waals surface area contributed by atoms with E-state index in [0.717, 1.165) is 11.3 Å². The average Bonchev–Trinajstić information content (AvgIpc) is 2.36. The molecule has 4 heteroatoms. The average molecular weight is 243 g/mol. The summed E-state index contributed by atoms with van der Waals surface area (Å²) in [6.07, 6.45) is 0. The summed E-state index contributed by atoms with van der Waals surface area (Å²) in [7, 11) is 1.82. The van der Waals surface area contributed by atoms with Crippen LogP contribution in [-0.4, -0.2) is 17.2 Å². The molecule has 2 aromatic rings. The van der Waals surface area contributed by atoms with Crippen LogP contribution in [0.2, 0.25) is 0 Å². The molecular weight excluding hydrogens is 226 g/mol. The fraction of sp³-hybridized carbons (Fsp3) is 0.286. The highest BCUT2D eigenvalue weighted by molar-refractivity contribution is 5.60. The number of aryl methyl sites for hydroxylation is 2. The molecule has 1 aromatic heterocycles. The Morgan fingerprint density at radius 3 is 2.67 bits per heavy atom. The molecule has 0 amide bonds. The quantitative estimate of drug-likeness (QED) is 0.863. The fourth-order valence-electron chi connectivity index (χ4n) is 1.82. The second-order valence-electron chi connectivity index (χ2n) is 4.44. The molecular formula is C14H17N3O. The maximum atomic E-state index is 11.6. The topological polar surface area (TPSA) is 57.8 Å². The molecule has 0 bridgehead atoms. The number of aromatic nitrogens is 2. The van der Waals surface area contributed by atoms with E-state index in [9.17, 15) is 4.79 Å². The Bertz CT molecular complexity index is 617. The molecule has 0 spiro atoms. The van der Waals surface area contributed by atoms with Crippen LogP contribution < -0.4 is 10.9 Å². The van der Waals surface area contributed by atoms with Gasteiger partial charge in [0, 0.05) is 17.7 Å². The zero-order valence-electron chi connectivity index (χ0n) is 10.9. The van der Waals surface area contributed by atoms with Crippen LogP contribution in [0.5, 0.6) is 0 Å². The van der Waals surface area contributed by atoms with Gasteiger partial charge in [-0.15, -0.1) is 0 Å². The summed E-state index contributed by atoms with van der Waals surface area (Å²) >= 11 is 0. The van der Waals surface area contributed by atoms with Gasteiger partial charge in [0.25, 0.3) is 5.56 Å². The van der Waals surface area contributed by atoms with Gasteiger partial charge in [0.2, 0.25) is 0 Å². The number of hydrogen-bond acceptors (Lipinski definition) is 3. The smallest absolute Gasteiger partial charge is 0.268 e. The lowest BCUT2D eigenvalue weighted by molar-refractivity contribution is 0.794. The zero-order valence-corrected chi connectivity index (χ0v) is 10.9. The Morgan fingerprint density at radius 1 is 1.22 bits per heavy atom. The third kappa shape index (κ3) is 2.49. The van der Waals surface area contributed by atoms with Gasteiger partial charge < -0.3 is 5.32 Å². The van der Waals surface area contributed by atoms with Crippen molar-refractivity contribution in [1.29, 1.82) is 0 Å². The van der Waals surface area contributed by atoms with Crippen LogP contribution in [0.25, 0.3) is 11.3 Å². The van der Waals surface area contributed by atoms with E-state index in [-0.39, 0.29) is 5.56 Å². The van der Waals surface area contributed by atoms with Crippen molar-refractivity contribution in [3.8, 4) is 11.3 Å². The molecule has 1 aromatic carbocycles. The highest BCUT2D eigenvalue weighted by atomic mass is 16.1. The third-order valence-corrected chi connectivity index (χ3v) is 3.05. The first kappa shape index (κ1) is 12.5. The highest BCUT2D eigenvalue weighted by Crippen LogP contribution is 2.19. The Hall–Kier alpha value is -1.94. The molecule has 2 rings (SSSR count). The molecule has 4 nitrogen and oxygen atoms in total. The first-order chi connectivity index (χ1) is 8.61. The number of hydrogen-bond donors (Lipinski definition) is 2. The van der Waals surface area contributed by atoms with Gasteiger partial charge in [-0.25, -0.2) is 5.10 Å². The van der Waals surface area contributed by atoms with Gasteiger partial charge in [0.05, 0.1) is 5.69 Å². The molecule has 0 saturated heterocycles. The number of aromatic amines is 1. The lowest BCUT2D eigenvalue weighted by atomic mass is 10.0. The van der Waals surface area contributed by atoms with Gasteiger partial charge in [0.15, 0.2) is 0 Å². The SMILES string of the molecule is CNCc1cc(-c2ccc(C)c(C)c2)n[nH]c1=O. The Kier molecular flexibility index (Phi) is 3.58. The van der Waals surface area contributed by atoms with E-state index in [1.165, 1.54) is 11.1 Å². The first-order valence-electron chi connectivity index (χ1n) is 5.92. The van der Waals surface area contributed by atoms with Crippen molar-refractivity contribution in [3.05, 3.63) is 51.3 Å². The zero-order chi connectivity index (χ0) is 13.1. The fourth-order valence-corrected chi connectivity index (χ4v) is 1.82. The normalized spacial score (nSPS) is 10.6. The monoisotopic (exact) mass is 243 g/mol. The molecule has 0 saturated carbocycles. The van der Waals surface area contributed by atoms with E-state index in [4.69, 9.17) is 0 Å². The Morgan fingerprint density at radius 2 is 2.00 bits per heavy atom. The molecule has 18 heavy (non-hydrogen) atoms. The van der Waals surface area contributed by atoms with E-state index >= 15 is 0 Å². The lowest BCUT2D eigenvalue weighted by Gasteiger charge is -2.06. The maximum absolute atomic E-state index is 11.6. The van der Waals surface area contributed by atoms with Crippen LogP contribution in [0.3, 0.4) is 0 Å². The summed E-state index contributed by atoms with van der Waals surface area (Å²) in [4.78, 5) is 11.6. The van der Waals surface area contributed by atoms with Gasteiger partial charge in [-0.05, 0) is 44.2 Å². The number of benzene rings is 1. The van der Waals surface area contributed by atoms with E-state index in [1.54, 1.807) is 0 Å². The predicted molar refractivity (Wildman–Crippen MR) is 72.5 cm³/mol. The number of rotatable bonds is 3. The number of nitrogens with one attached hydrogen (secondary N) is 2. The first-order valence-corrected chi connectivity index (χ1v) is 5.92. The number of H-pyrrole nitrogens is 1. The summed E-state index contributed by atoms with van der Waals surface area (Å²) in [6.45, 7) is 4.68. The summed E-state index contributed by atoms with van der Waals surface area (Å²) in [6, 6.07) is 8.00. The second kappa shape index (κ2) is 5.14. The summed E-state index contributed by atoms with van der Waals surface area (Å²) in [5.74, 6) is 0. The Labute approximate surface area is 106 Å². The van der Waals surface area contributed by atoms with Gasteiger partial charge in [-0.1, -0.05) is 12.1 Å². The number of nitrogens with zero attached hydrogens (tertiary/aromatic N) is 1. The van der Waals surface area contributed by atoms with Crippen LogP contribution in [0.4, 0.5) is 0 Å². The molecule has 0 atom stereocenters. The molecule has 0 aliphatic rings. The summed E-state index contributed by atoms with van der Waals surface area (Å²) in [5.41, 5.74) is 4.83. The van der Waals surface area contributed by atoms with Crippen molar-refractivity contribution in [2.75, 3.05) is 7.05 Å². The molecule has 0 radical (unpaired) electrons. The van der Waals surface area contributed by atoms with Gasteiger partial charge in [-0.3, -0.25) is 4.79 Å². The molecule has 0 aliphatic carbocycles. The van der Waals surface area contributed by atoms with Crippen LogP contribution in [0.1, 0.15) is 16.7 Å². The van der Waals surface area contributed by atoms with Gasteiger partial charge in [-0.2, -0.15) is 5.10 Å². The predicted octanol–water partition coefficient (Wildman–Crippen LogP) is 1.77. The molecule has 0 fully saturated rings. The van der Waals surface area contributed by atoms with Crippen LogP contribution in [-0.2, 0) is 6.54 Å².